The van der Waals surface area contributed by atoms with E-state index < -0.39 is 11.9 Å². The smallest absolute Gasteiger partial charge is 0.168 e. The highest BCUT2D eigenvalue weighted by Crippen LogP contribution is 2.20. The van der Waals surface area contributed by atoms with Gasteiger partial charge in [-0.25, -0.2) is 4.39 Å². The van der Waals surface area contributed by atoms with Crippen molar-refractivity contribution in [2.24, 2.45) is 0 Å². The van der Waals surface area contributed by atoms with Crippen molar-refractivity contribution in [3.63, 3.8) is 0 Å². The Balaban J connectivity index is 2.76. The van der Waals surface area contributed by atoms with E-state index in [9.17, 15) is 9.50 Å². The third-order valence-corrected chi connectivity index (χ3v) is 2.08. The molecule has 15 heavy (non-hydrogen) atoms. The van der Waals surface area contributed by atoms with Gasteiger partial charge >= 0.3 is 0 Å². The van der Waals surface area contributed by atoms with Crippen molar-refractivity contribution in [1.82, 2.24) is 0 Å². The SMILES string of the molecule is COCC(O)Cc1cccc(OC)c1F. The molecule has 0 fully saturated rings. The monoisotopic (exact) mass is 214 g/mol. The standard InChI is InChI=1S/C11H15FO3/c1-14-7-9(13)6-8-4-3-5-10(15-2)11(8)12/h3-5,9,13H,6-7H2,1-2H3. The number of hydrogen-bond acceptors (Lipinski definition) is 3. The fraction of sp³-hybridized carbons (Fsp3) is 0.455. The van der Waals surface area contributed by atoms with Crippen LogP contribution in [0.15, 0.2) is 18.2 Å². The van der Waals surface area contributed by atoms with E-state index in [1.165, 1.54) is 14.2 Å². The number of benzene rings is 1. The second-order valence-corrected chi connectivity index (χ2v) is 3.25. The summed E-state index contributed by atoms with van der Waals surface area (Å²) in [5.74, 6) is -0.229. The van der Waals surface area contributed by atoms with E-state index in [4.69, 9.17) is 9.47 Å². The molecule has 0 radical (unpaired) electrons. The first-order chi connectivity index (χ1) is 7.19. The maximum atomic E-state index is 13.6. The van der Waals surface area contributed by atoms with Gasteiger partial charge < -0.3 is 14.6 Å². The Morgan fingerprint density at radius 2 is 2.13 bits per heavy atom. The Kier molecular flexibility index (Phi) is 4.52. The molecule has 0 bridgehead atoms. The summed E-state index contributed by atoms with van der Waals surface area (Å²) < 4.78 is 23.2. The molecule has 3 nitrogen and oxygen atoms in total. The lowest BCUT2D eigenvalue weighted by molar-refractivity contribution is 0.0644. The minimum atomic E-state index is -0.698. The highest BCUT2D eigenvalue weighted by atomic mass is 19.1. The molecular formula is C11H15FO3. The molecule has 1 N–H and O–H groups in total. The second-order valence-electron chi connectivity index (χ2n) is 3.25. The summed E-state index contributed by atoms with van der Waals surface area (Å²) >= 11 is 0. The molecule has 4 heteroatoms. The summed E-state index contributed by atoms with van der Waals surface area (Å²) in [5, 5.41) is 9.46. The molecule has 0 aliphatic rings. The zero-order chi connectivity index (χ0) is 11.3. The van der Waals surface area contributed by atoms with Gasteiger partial charge in [-0.15, -0.1) is 0 Å². The van der Waals surface area contributed by atoms with E-state index in [1.807, 2.05) is 0 Å². The van der Waals surface area contributed by atoms with Gasteiger partial charge in [0.2, 0.25) is 0 Å². The number of aliphatic hydroxyl groups excluding tert-OH is 1. The van der Waals surface area contributed by atoms with Crippen LogP contribution in [0.1, 0.15) is 5.56 Å². The van der Waals surface area contributed by atoms with Crippen molar-refractivity contribution in [3.05, 3.63) is 29.6 Å². The summed E-state index contributed by atoms with van der Waals surface area (Å²) in [6.45, 7) is 0.191. The van der Waals surface area contributed by atoms with Crippen LogP contribution >= 0.6 is 0 Å². The number of hydrogen-bond donors (Lipinski definition) is 1. The first kappa shape index (κ1) is 11.9. The van der Waals surface area contributed by atoms with E-state index in [1.54, 1.807) is 18.2 Å². The number of methoxy groups -OCH3 is 2. The molecule has 84 valence electrons. The fourth-order valence-corrected chi connectivity index (χ4v) is 1.38. The average Bonchev–Trinajstić information content (AvgIpc) is 2.21. The molecule has 0 heterocycles. The molecule has 1 atom stereocenters. The molecule has 0 spiro atoms. The van der Waals surface area contributed by atoms with Gasteiger partial charge in [0.05, 0.1) is 19.8 Å². The largest absolute Gasteiger partial charge is 0.494 e. The molecule has 0 saturated heterocycles. The van der Waals surface area contributed by atoms with Crippen LogP contribution in [-0.2, 0) is 11.2 Å². The first-order valence-corrected chi connectivity index (χ1v) is 4.67. The lowest BCUT2D eigenvalue weighted by Crippen LogP contribution is -2.17. The molecule has 0 aliphatic heterocycles. The molecule has 0 amide bonds. The van der Waals surface area contributed by atoms with E-state index in [0.29, 0.717) is 5.56 Å². The predicted molar refractivity (Wildman–Crippen MR) is 54.5 cm³/mol. The Hall–Kier alpha value is -1.13. The van der Waals surface area contributed by atoms with Crippen molar-refractivity contribution < 1.29 is 19.0 Å². The molecule has 0 aliphatic carbocycles. The van der Waals surface area contributed by atoms with Gasteiger partial charge in [0, 0.05) is 13.5 Å². The van der Waals surface area contributed by atoms with Crippen LogP contribution in [-0.4, -0.2) is 32.0 Å². The maximum absolute atomic E-state index is 13.6. The second kappa shape index (κ2) is 5.68. The van der Waals surface area contributed by atoms with E-state index >= 15 is 0 Å². The number of rotatable bonds is 5. The highest BCUT2D eigenvalue weighted by Gasteiger charge is 2.12. The van der Waals surface area contributed by atoms with Crippen LogP contribution in [0.3, 0.4) is 0 Å². The van der Waals surface area contributed by atoms with Gasteiger partial charge in [0.25, 0.3) is 0 Å². The Morgan fingerprint density at radius 3 is 2.73 bits per heavy atom. The number of ether oxygens (including phenoxy) is 2. The van der Waals surface area contributed by atoms with Crippen LogP contribution in [0, 0.1) is 5.82 Å². The Labute approximate surface area is 88.4 Å². The molecule has 0 saturated carbocycles. The van der Waals surface area contributed by atoms with E-state index in [0.717, 1.165) is 0 Å². The molecule has 0 aromatic heterocycles. The Morgan fingerprint density at radius 1 is 1.40 bits per heavy atom. The summed E-state index contributed by atoms with van der Waals surface area (Å²) in [5.41, 5.74) is 0.430. The predicted octanol–water partition coefficient (Wildman–Crippen LogP) is 1.38. The maximum Gasteiger partial charge on any atom is 0.168 e. The zero-order valence-electron chi connectivity index (χ0n) is 8.87. The van der Waals surface area contributed by atoms with Crippen LogP contribution in [0.25, 0.3) is 0 Å². The summed E-state index contributed by atoms with van der Waals surface area (Å²) in [7, 11) is 2.90. The van der Waals surface area contributed by atoms with Crippen LogP contribution in [0.5, 0.6) is 5.75 Å². The van der Waals surface area contributed by atoms with E-state index in [-0.39, 0.29) is 18.8 Å². The van der Waals surface area contributed by atoms with Crippen molar-refractivity contribution >= 4 is 0 Å². The minimum absolute atomic E-state index is 0.191. The van der Waals surface area contributed by atoms with E-state index in [2.05, 4.69) is 0 Å². The van der Waals surface area contributed by atoms with Gasteiger partial charge in [0.1, 0.15) is 0 Å². The number of halogens is 1. The minimum Gasteiger partial charge on any atom is -0.494 e. The highest BCUT2D eigenvalue weighted by molar-refractivity contribution is 5.31. The summed E-state index contributed by atoms with van der Waals surface area (Å²) in [6.07, 6.45) is -0.478. The van der Waals surface area contributed by atoms with Gasteiger partial charge in [0.15, 0.2) is 11.6 Å². The van der Waals surface area contributed by atoms with Crippen molar-refractivity contribution in [1.29, 1.82) is 0 Å². The quantitative estimate of drug-likeness (QED) is 0.804. The van der Waals surface area contributed by atoms with Gasteiger partial charge in [-0.05, 0) is 11.6 Å². The van der Waals surface area contributed by atoms with Crippen LogP contribution in [0.4, 0.5) is 4.39 Å². The van der Waals surface area contributed by atoms with Crippen LogP contribution in [0.2, 0.25) is 0 Å². The molecule has 1 unspecified atom stereocenters. The Bertz CT molecular complexity index is 315. The van der Waals surface area contributed by atoms with Crippen molar-refractivity contribution in [2.45, 2.75) is 12.5 Å². The molecule has 1 rings (SSSR count). The average molecular weight is 214 g/mol. The number of aliphatic hydroxyl groups is 1. The van der Waals surface area contributed by atoms with Gasteiger partial charge in [-0.2, -0.15) is 0 Å². The molecular weight excluding hydrogens is 199 g/mol. The fourth-order valence-electron chi connectivity index (χ4n) is 1.38. The zero-order valence-corrected chi connectivity index (χ0v) is 8.87. The summed E-state index contributed by atoms with van der Waals surface area (Å²) in [4.78, 5) is 0. The van der Waals surface area contributed by atoms with Crippen molar-refractivity contribution in [2.75, 3.05) is 20.8 Å². The lowest BCUT2D eigenvalue weighted by Gasteiger charge is -2.11. The van der Waals surface area contributed by atoms with Crippen LogP contribution < -0.4 is 4.74 Å². The van der Waals surface area contributed by atoms with Crippen molar-refractivity contribution in [3.8, 4) is 5.75 Å². The van der Waals surface area contributed by atoms with Gasteiger partial charge in [-0.1, -0.05) is 12.1 Å². The third-order valence-electron chi connectivity index (χ3n) is 2.08. The first-order valence-electron chi connectivity index (χ1n) is 4.67. The topological polar surface area (TPSA) is 38.7 Å². The third kappa shape index (κ3) is 3.18. The summed E-state index contributed by atoms with van der Waals surface area (Å²) in [6, 6.07) is 4.86. The molecule has 1 aromatic carbocycles. The van der Waals surface area contributed by atoms with Gasteiger partial charge in [-0.3, -0.25) is 0 Å². The molecule has 1 aromatic rings. The lowest BCUT2D eigenvalue weighted by atomic mass is 10.1. The normalized spacial score (nSPS) is 12.5.